The molecule has 0 saturated carbocycles. The van der Waals surface area contributed by atoms with Crippen LogP contribution >= 0.6 is 11.6 Å². The van der Waals surface area contributed by atoms with Gasteiger partial charge >= 0.3 is 0 Å². The number of halogens is 1. The van der Waals surface area contributed by atoms with Crippen molar-refractivity contribution in [3.05, 3.63) is 58.9 Å². The van der Waals surface area contributed by atoms with Crippen LogP contribution in [0.25, 0.3) is 17.0 Å². The van der Waals surface area contributed by atoms with Crippen molar-refractivity contribution in [3.8, 4) is 11.4 Å². The number of carbonyl (C=O) groups excluding carboxylic acids is 1. The van der Waals surface area contributed by atoms with E-state index in [0.717, 1.165) is 48.7 Å². The second kappa shape index (κ2) is 8.58. The SMILES string of the molecule is Cc1cc(CNC(=O)C2CCN(c3ccc4nnc(-c5ccc(Cl)cc5)n4n3)CC2)n[nH]1. The Morgan fingerprint density at radius 3 is 2.66 bits per heavy atom. The highest BCUT2D eigenvalue weighted by Gasteiger charge is 2.26. The number of hydrogen-bond acceptors (Lipinski definition) is 6. The van der Waals surface area contributed by atoms with Gasteiger partial charge in [-0.25, -0.2) is 0 Å². The number of fused-ring (bicyclic) bond motifs is 1. The van der Waals surface area contributed by atoms with Gasteiger partial charge in [-0.15, -0.1) is 15.3 Å². The maximum atomic E-state index is 12.6. The molecule has 1 aromatic carbocycles. The minimum Gasteiger partial charge on any atom is -0.355 e. The van der Waals surface area contributed by atoms with Crippen LogP contribution in [0.4, 0.5) is 5.82 Å². The molecule has 9 nitrogen and oxygen atoms in total. The molecule has 1 saturated heterocycles. The number of hydrogen-bond donors (Lipinski definition) is 2. The molecule has 4 heterocycles. The largest absolute Gasteiger partial charge is 0.355 e. The third kappa shape index (κ3) is 4.16. The van der Waals surface area contributed by atoms with Crippen molar-refractivity contribution in [2.75, 3.05) is 18.0 Å². The van der Waals surface area contributed by atoms with E-state index in [0.29, 0.717) is 23.0 Å². The van der Waals surface area contributed by atoms with Gasteiger partial charge in [0, 0.05) is 35.3 Å². The van der Waals surface area contributed by atoms with Gasteiger partial charge in [0.1, 0.15) is 5.82 Å². The summed E-state index contributed by atoms with van der Waals surface area (Å²) >= 11 is 6.01. The lowest BCUT2D eigenvalue weighted by atomic mass is 9.96. The molecule has 0 spiro atoms. The van der Waals surface area contributed by atoms with Crippen molar-refractivity contribution in [3.63, 3.8) is 0 Å². The predicted octanol–water partition coefficient (Wildman–Crippen LogP) is 3.01. The zero-order chi connectivity index (χ0) is 22.1. The Labute approximate surface area is 189 Å². The van der Waals surface area contributed by atoms with E-state index in [1.807, 2.05) is 49.4 Å². The average Bonchev–Trinajstić information content (AvgIpc) is 3.43. The number of H-pyrrole nitrogens is 1. The minimum absolute atomic E-state index is 0.00504. The number of benzene rings is 1. The molecule has 164 valence electrons. The van der Waals surface area contributed by atoms with E-state index in [-0.39, 0.29) is 11.8 Å². The Balaban J connectivity index is 1.25. The highest BCUT2D eigenvalue weighted by Crippen LogP contribution is 2.24. The molecular weight excluding hydrogens is 428 g/mol. The van der Waals surface area contributed by atoms with E-state index >= 15 is 0 Å². The Kier molecular flexibility index (Phi) is 5.48. The lowest BCUT2D eigenvalue weighted by Gasteiger charge is -2.32. The van der Waals surface area contributed by atoms with Gasteiger partial charge < -0.3 is 10.2 Å². The highest BCUT2D eigenvalue weighted by atomic mass is 35.5. The fourth-order valence-corrected chi connectivity index (χ4v) is 4.11. The maximum absolute atomic E-state index is 12.6. The number of piperidine rings is 1. The van der Waals surface area contributed by atoms with Crippen LogP contribution in [0.3, 0.4) is 0 Å². The number of aromatic amines is 1. The van der Waals surface area contributed by atoms with Crippen LogP contribution in [0.15, 0.2) is 42.5 Å². The Bertz CT molecular complexity index is 1240. The highest BCUT2D eigenvalue weighted by molar-refractivity contribution is 6.30. The van der Waals surface area contributed by atoms with Gasteiger partial charge in [-0.05, 0) is 62.2 Å². The number of nitrogens with one attached hydrogen (secondary N) is 2. The van der Waals surface area contributed by atoms with Crippen LogP contribution < -0.4 is 10.2 Å². The first-order chi connectivity index (χ1) is 15.6. The van der Waals surface area contributed by atoms with Crippen molar-refractivity contribution in [2.45, 2.75) is 26.3 Å². The Hall–Kier alpha value is -3.46. The number of nitrogens with zero attached hydrogens (tertiary/aromatic N) is 6. The smallest absolute Gasteiger partial charge is 0.223 e. The van der Waals surface area contributed by atoms with Gasteiger partial charge in [0.15, 0.2) is 11.5 Å². The van der Waals surface area contributed by atoms with Gasteiger partial charge in [0.2, 0.25) is 5.91 Å². The van der Waals surface area contributed by atoms with Crippen molar-refractivity contribution < 1.29 is 4.79 Å². The molecule has 32 heavy (non-hydrogen) atoms. The van der Waals surface area contributed by atoms with Crippen molar-refractivity contribution in [2.24, 2.45) is 5.92 Å². The van der Waals surface area contributed by atoms with Gasteiger partial charge in [-0.3, -0.25) is 9.89 Å². The standard InChI is InChI=1S/C22H23ClN8O/c1-14-12-18(26-25-14)13-24-22(32)16-8-10-30(11-9-16)20-7-6-19-27-28-21(31(19)29-20)15-2-4-17(23)5-3-15/h2-7,12,16H,8-11,13H2,1H3,(H,24,32)(H,25,26). The molecule has 0 radical (unpaired) electrons. The van der Waals surface area contributed by atoms with E-state index in [1.54, 1.807) is 4.52 Å². The quantitative estimate of drug-likeness (QED) is 0.484. The van der Waals surface area contributed by atoms with Gasteiger partial charge in [-0.1, -0.05) is 11.6 Å². The average molecular weight is 451 g/mol. The van der Waals surface area contributed by atoms with E-state index in [1.165, 1.54) is 0 Å². The monoisotopic (exact) mass is 450 g/mol. The molecule has 1 fully saturated rings. The molecule has 0 atom stereocenters. The van der Waals surface area contributed by atoms with Crippen LogP contribution in [-0.2, 0) is 11.3 Å². The summed E-state index contributed by atoms with van der Waals surface area (Å²) in [6, 6.07) is 13.3. The summed E-state index contributed by atoms with van der Waals surface area (Å²) in [5.74, 6) is 1.59. The minimum atomic E-state index is -0.00504. The lowest BCUT2D eigenvalue weighted by Crippen LogP contribution is -2.40. The number of anilines is 1. The van der Waals surface area contributed by atoms with E-state index < -0.39 is 0 Å². The fraction of sp³-hybridized carbons (Fsp3) is 0.318. The third-order valence-corrected chi connectivity index (χ3v) is 6.00. The summed E-state index contributed by atoms with van der Waals surface area (Å²) in [5, 5.41) is 24.0. The second-order valence-electron chi connectivity index (χ2n) is 8.01. The summed E-state index contributed by atoms with van der Waals surface area (Å²) in [7, 11) is 0. The van der Waals surface area contributed by atoms with Crippen molar-refractivity contribution >= 4 is 29.0 Å². The zero-order valence-corrected chi connectivity index (χ0v) is 18.4. The maximum Gasteiger partial charge on any atom is 0.223 e. The summed E-state index contributed by atoms with van der Waals surface area (Å²) in [4.78, 5) is 14.8. The molecule has 2 N–H and O–H groups in total. The second-order valence-corrected chi connectivity index (χ2v) is 8.45. The summed E-state index contributed by atoms with van der Waals surface area (Å²) in [5.41, 5.74) is 3.41. The molecule has 3 aromatic heterocycles. The van der Waals surface area contributed by atoms with Crippen LogP contribution in [-0.4, -0.2) is 49.0 Å². The van der Waals surface area contributed by atoms with Gasteiger partial charge in [0.25, 0.3) is 0 Å². The molecular formula is C22H23ClN8O. The summed E-state index contributed by atoms with van der Waals surface area (Å²) < 4.78 is 1.75. The van der Waals surface area contributed by atoms with Gasteiger partial charge in [-0.2, -0.15) is 9.61 Å². The predicted molar refractivity (Wildman–Crippen MR) is 121 cm³/mol. The van der Waals surface area contributed by atoms with E-state index in [9.17, 15) is 4.79 Å². The molecule has 0 aliphatic carbocycles. The number of amides is 1. The first-order valence-corrected chi connectivity index (χ1v) is 11.0. The number of carbonyl (C=O) groups is 1. The summed E-state index contributed by atoms with van der Waals surface area (Å²) in [6.45, 7) is 3.91. The topological polar surface area (TPSA) is 104 Å². The van der Waals surface area contributed by atoms with Crippen LogP contribution in [0.5, 0.6) is 0 Å². The molecule has 0 bridgehead atoms. The normalized spacial score (nSPS) is 14.8. The Morgan fingerprint density at radius 1 is 1.16 bits per heavy atom. The summed E-state index contributed by atoms with van der Waals surface area (Å²) in [6.07, 6.45) is 1.55. The van der Waals surface area contributed by atoms with Crippen LogP contribution in [0, 0.1) is 12.8 Å². The molecule has 0 unspecified atom stereocenters. The lowest BCUT2D eigenvalue weighted by molar-refractivity contribution is -0.125. The van der Waals surface area contributed by atoms with Crippen LogP contribution in [0.2, 0.25) is 5.02 Å². The molecule has 1 amide bonds. The van der Waals surface area contributed by atoms with Crippen LogP contribution in [0.1, 0.15) is 24.2 Å². The molecule has 4 aromatic rings. The first-order valence-electron chi connectivity index (χ1n) is 10.6. The van der Waals surface area contributed by atoms with E-state index in [2.05, 4.69) is 30.6 Å². The first kappa shape index (κ1) is 20.4. The molecule has 5 rings (SSSR count). The fourth-order valence-electron chi connectivity index (χ4n) is 3.98. The molecule has 1 aliphatic rings. The third-order valence-electron chi connectivity index (χ3n) is 5.74. The molecule has 1 aliphatic heterocycles. The molecule has 10 heteroatoms. The Morgan fingerprint density at radius 2 is 1.94 bits per heavy atom. The number of aryl methyl sites for hydroxylation is 1. The van der Waals surface area contributed by atoms with Gasteiger partial charge in [0.05, 0.1) is 12.2 Å². The number of aromatic nitrogens is 6. The van der Waals surface area contributed by atoms with Crippen molar-refractivity contribution in [1.82, 2.24) is 35.3 Å². The van der Waals surface area contributed by atoms with E-state index in [4.69, 9.17) is 16.7 Å². The van der Waals surface area contributed by atoms with Crippen molar-refractivity contribution in [1.29, 1.82) is 0 Å². The number of rotatable bonds is 5. The zero-order valence-electron chi connectivity index (χ0n) is 17.6.